The lowest BCUT2D eigenvalue weighted by Crippen LogP contribution is -2.43. The summed E-state index contributed by atoms with van der Waals surface area (Å²) < 4.78 is 33.4. The number of nitrogens with zero attached hydrogens (tertiary/aromatic N) is 1. The molecule has 10 heteroatoms. The summed E-state index contributed by atoms with van der Waals surface area (Å²) in [5.41, 5.74) is 1.37. The Bertz CT molecular complexity index is 1270. The van der Waals surface area contributed by atoms with Gasteiger partial charge in [-0.2, -0.15) is 0 Å². The first-order valence-corrected chi connectivity index (χ1v) is 15.5. The molecule has 9 nitrogen and oxygen atoms in total. The highest BCUT2D eigenvalue weighted by Gasteiger charge is 2.49. The van der Waals surface area contributed by atoms with Crippen LogP contribution in [-0.2, 0) is 19.4 Å². The van der Waals surface area contributed by atoms with E-state index in [1.54, 1.807) is 36.4 Å². The number of amides is 1. The Kier molecular flexibility index (Phi) is 10.6. The van der Waals surface area contributed by atoms with Gasteiger partial charge in [-0.25, -0.2) is 8.42 Å². The number of benzene rings is 2. The second-order valence-corrected chi connectivity index (χ2v) is 12.9. The predicted molar refractivity (Wildman–Crippen MR) is 155 cm³/mol. The molecule has 0 spiro atoms. The maximum Gasteiger partial charge on any atom is 0.322 e. The van der Waals surface area contributed by atoms with E-state index in [1.165, 1.54) is 0 Å². The van der Waals surface area contributed by atoms with Crippen LogP contribution in [0.4, 0.5) is 5.69 Å². The fourth-order valence-corrected chi connectivity index (χ4v) is 7.73. The van der Waals surface area contributed by atoms with Gasteiger partial charge in [-0.05, 0) is 54.3 Å². The molecule has 2 aromatic carbocycles. The standard InChI is InChI=1S/C30H42N2O7S/c1-5-7-15-30(16-8-6-2)20-40(37,38)25-14-11-22(32(3)4)17-24(25)28(29(30)36)21-9-12-23(13-10-21)39-19-26(33)31-18-27(34)35/h9-14,17,28-29,36H,5-8,15-16,18-20H2,1-4H3,(H,31,33)(H,34,35)/t28-,29-/m1/s1. The van der Waals surface area contributed by atoms with Crippen LogP contribution in [0.25, 0.3) is 0 Å². The van der Waals surface area contributed by atoms with Crippen LogP contribution in [0.3, 0.4) is 0 Å². The van der Waals surface area contributed by atoms with Crippen LogP contribution in [0, 0.1) is 5.41 Å². The summed E-state index contributed by atoms with van der Waals surface area (Å²) in [6, 6.07) is 12.3. The van der Waals surface area contributed by atoms with Gasteiger partial charge in [0.15, 0.2) is 16.4 Å². The highest BCUT2D eigenvalue weighted by molar-refractivity contribution is 7.91. The van der Waals surface area contributed by atoms with E-state index in [9.17, 15) is 23.1 Å². The van der Waals surface area contributed by atoms with E-state index in [4.69, 9.17) is 9.84 Å². The number of anilines is 1. The second-order valence-electron chi connectivity index (χ2n) is 10.9. The van der Waals surface area contributed by atoms with Crippen LogP contribution < -0.4 is 15.0 Å². The molecule has 3 rings (SSSR count). The van der Waals surface area contributed by atoms with Gasteiger partial charge in [-0.3, -0.25) is 9.59 Å². The lowest BCUT2D eigenvalue weighted by atomic mass is 9.68. The maximum atomic E-state index is 13.9. The molecule has 0 radical (unpaired) electrons. The molecular formula is C30H42N2O7S. The Hall–Kier alpha value is -3.11. The van der Waals surface area contributed by atoms with Gasteiger partial charge in [0.1, 0.15) is 12.3 Å². The van der Waals surface area contributed by atoms with Crippen LogP contribution in [0.5, 0.6) is 5.75 Å². The van der Waals surface area contributed by atoms with Gasteiger partial charge in [0.2, 0.25) is 0 Å². The molecule has 0 aliphatic carbocycles. The van der Waals surface area contributed by atoms with Gasteiger partial charge >= 0.3 is 5.97 Å². The van der Waals surface area contributed by atoms with Crippen molar-refractivity contribution in [3.05, 3.63) is 53.6 Å². The molecule has 0 aromatic heterocycles. The zero-order chi connectivity index (χ0) is 29.5. The number of rotatable bonds is 13. The lowest BCUT2D eigenvalue weighted by Gasteiger charge is -2.40. The topological polar surface area (TPSA) is 133 Å². The van der Waals surface area contributed by atoms with E-state index in [2.05, 4.69) is 19.2 Å². The van der Waals surface area contributed by atoms with Gasteiger partial charge < -0.3 is 25.2 Å². The number of aliphatic carboxylic acids is 1. The van der Waals surface area contributed by atoms with Gasteiger partial charge in [0, 0.05) is 31.1 Å². The summed E-state index contributed by atoms with van der Waals surface area (Å²) in [5.74, 6) is -1.99. The fraction of sp³-hybridized carbons (Fsp3) is 0.533. The number of aliphatic hydroxyl groups is 1. The maximum absolute atomic E-state index is 13.9. The van der Waals surface area contributed by atoms with Crippen molar-refractivity contribution in [3.63, 3.8) is 0 Å². The first kappa shape index (κ1) is 31.4. The molecule has 1 aliphatic heterocycles. The van der Waals surface area contributed by atoms with Crippen LogP contribution in [0.1, 0.15) is 69.4 Å². The number of carbonyl (C=O) groups excluding carboxylic acids is 1. The molecule has 220 valence electrons. The average molecular weight is 575 g/mol. The smallest absolute Gasteiger partial charge is 0.322 e. The molecule has 2 aromatic rings. The first-order valence-electron chi connectivity index (χ1n) is 13.9. The number of hydrogen-bond acceptors (Lipinski definition) is 7. The summed E-state index contributed by atoms with van der Waals surface area (Å²) in [4.78, 5) is 24.7. The normalized spacial score (nSPS) is 19.2. The number of hydrogen-bond donors (Lipinski definition) is 3. The van der Waals surface area contributed by atoms with Gasteiger partial charge in [0.25, 0.3) is 5.91 Å². The molecule has 0 fully saturated rings. The number of carbonyl (C=O) groups is 2. The molecule has 0 saturated carbocycles. The van der Waals surface area contributed by atoms with Gasteiger partial charge in [-0.1, -0.05) is 51.7 Å². The minimum absolute atomic E-state index is 0.0986. The molecule has 0 unspecified atom stereocenters. The number of ether oxygens (including phenoxy) is 1. The van der Waals surface area contributed by atoms with Crippen LogP contribution in [0.2, 0.25) is 0 Å². The molecular weight excluding hydrogens is 532 g/mol. The Labute approximate surface area is 237 Å². The predicted octanol–water partition coefficient (Wildman–Crippen LogP) is 3.98. The molecule has 1 aliphatic rings. The van der Waals surface area contributed by atoms with Crippen molar-refractivity contribution in [2.75, 3.05) is 37.9 Å². The van der Waals surface area contributed by atoms with Crippen LogP contribution in [-0.4, -0.2) is 69.6 Å². The summed E-state index contributed by atoms with van der Waals surface area (Å²) >= 11 is 0. The first-order chi connectivity index (χ1) is 18.9. The highest BCUT2D eigenvalue weighted by Crippen LogP contribution is 2.50. The molecule has 1 heterocycles. The van der Waals surface area contributed by atoms with E-state index in [0.717, 1.165) is 36.9 Å². The second kappa shape index (κ2) is 13.5. The van der Waals surface area contributed by atoms with Gasteiger partial charge in [-0.15, -0.1) is 0 Å². The quantitative estimate of drug-likeness (QED) is 0.327. The number of unbranched alkanes of at least 4 members (excludes halogenated alkanes) is 2. The lowest BCUT2D eigenvalue weighted by molar-refractivity contribution is -0.138. The van der Waals surface area contributed by atoms with E-state index in [0.29, 0.717) is 24.2 Å². The highest BCUT2D eigenvalue weighted by atomic mass is 32.2. The van der Waals surface area contributed by atoms with E-state index >= 15 is 0 Å². The van der Waals surface area contributed by atoms with E-state index < -0.39 is 45.7 Å². The van der Waals surface area contributed by atoms with Crippen LogP contribution in [0.15, 0.2) is 47.4 Å². The van der Waals surface area contributed by atoms with Crippen molar-refractivity contribution in [3.8, 4) is 5.75 Å². The Balaban J connectivity index is 2.07. The van der Waals surface area contributed by atoms with Crippen molar-refractivity contribution in [1.82, 2.24) is 5.32 Å². The Morgan fingerprint density at radius 1 is 1.05 bits per heavy atom. The van der Waals surface area contributed by atoms with Crippen molar-refractivity contribution in [2.45, 2.75) is 69.3 Å². The Morgan fingerprint density at radius 2 is 1.68 bits per heavy atom. The third kappa shape index (κ3) is 7.34. The molecule has 1 amide bonds. The monoisotopic (exact) mass is 574 g/mol. The summed E-state index contributed by atoms with van der Waals surface area (Å²) in [5, 5.41) is 23.2. The summed E-state index contributed by atoms with van der Waals surface area (Å²) in [7, 11) is 0.0949. The fourth-order valence-electron chi connectivity index (χ4n) is 5.54. The minimum Gasteiger partial charge on any atom is -0.484 e. The summed E-state index contributed by atoms with van der Waals surface area (Å²) in [6.07, 6.45) is 3.72. The number of carboxylic acid groups (broad SMARTS) is 1. The average Bonchev–Trinajstić information content (AvgIpc) is 2.99. The minimum atomic E-state index is -3.69. The molecule has 40 heavy (non-hydrogen) atoms. The molecule has 0 saturated heterocycles. The number of fused-ring (bicyclic) bond motifs is 1. The van der Waals surface area contributed by atoms with E-state index in [1.807, 2.05) is 25.1 Å². The third-order valence-electron chi connectivity index (χ3n) is 7.70. The largest absolute Gasteiger partial charge is 0.484 e. The Morgan fingerprint density at radius 3 is 2.23 bits per heavy atom. The number of aliphatic hydroxyl groups excluding tert-OH is 1. The molecule has 3 N–H and O–H groups in total. The number of nitrogens with one attached hydrogen (secondary N) is 1. The number of sulfone groups is 1. The van der Waals surface area contributed by atoms with E-state index in [-0.39, 0.29) is 17.3 Å². The van der Waals surface area contributed by atoms with Crippen molar-refractivity contribution < 1.29 is 33.0 Å². The molecule has 2 atom stereocenters. The molecule has 0 bridgehead atoms. The number of carboxylic acids is 1. The van der Waals surface area contributed by atoms with Gasteiger partial charge in [0.05, 0.1) is 16.8 Å². The SMILES string of the molecule is CCCCC1(CCCC)CS(=O)(=O)c2ccc(N(C)C)cc2[C@@H](c2ccc(OCC(=O)NCC(=O)O)cc2)[C@H]1O. The van der Waals surface area contributed by atoms with Crippen molar-refractivity contribution >= 4 is 27.4 Å². The van der Waals surface area contributed by atoms with Crippen molar-refractivity contribution in [1.29, 1.82) is 0 Å². The zero-order valence-electron chi connectivity index (χ0n) is 23.9. The summed E-state index contributed by atoms with van der Waals surface area (Å²) in [6.45, 7) is 3.31. The zero-order valence-corrected chi connectivity index (χ0v) is 24.7. The van der Waals surface area contributed by atoms with Crippen molar-refractivity contribution in [2.24, 2.45) is 5.41 Å². The van der Waals surface area contributed by atoms with Crippen LogP contribution >= 0.6 is 0 Å². The third-order valence-corrected chi connectivity index (χ3v) is 9.70.